The molecule has 140 valence electrons. The molecule has 1 aliphatic rings. The van der Waals surface area contributed by atoms with Crippen LogP contribution >= 0.6 is 0 Å². The lowest BCUT2D eigenvalue weighted by molar-refractivity contribution is 0.0971. The fraction of sp³-hybridized carbons (Fsp3) is 0.316. The van der Waals surface area contributed by atoms with Gasteiger partial charge in [0.2, 0.25) is 5.89 Å². The lowest BCUT2D eigenvalue weighted by Crippen LogP contribution is -2.38. The Hall–Kier alpha value is -3.29. The summed E-state index contributed by atoms with van der Waals surface area (Å²) < 4.78 is 13.1. The van der Waals surface area contributed by atoms with Gasteiger partial charge in [0.1, 0.15) is 18.1 Å². The van der Waals surface area contributed by atoms with Crippen molar-refractivity contribution in [1.82, 2.24) is 14.8 Å². The molecule has 0 saturated heterocycles. The second kappa shape index (κ2) is 6.46. The van der Waals surface area contributed by atoms with Crippen LogP contribution in [-0.2, 0) is 7.05 Å². The molecule has 4 rings (SSSR count). The number of aromatic nitrogens is 3. The molecule has 3 aromatic rings. The molecule has 0 bridgehead atoms. The van der Waals surface area contributed by atoms with Gasteiger partial charge in [-0.25, -0.2) is 4.98 Å². The molecule has 8 nitrogen and oxygen atoms in total. The summed E-state index contributed by atoms with van der Waals surface area (Å²) >= 11 is 0. The van der Waals surface area contributed by atoms with Crippen LogP contribution in [0.2, 0.25) is 0 Å². The summed E-state index contributed by atoms with van der Waals surface area (Å²) in [4.78, 5) is 21.3. The SMILES string of the molecule is Cc1oc(-c2cnn(C)c2)nc1C(=O)N1CCOc2cc(N(C)C)ccc21. The van der Waals surface area contributed by atoms with Crippen LogP contribution in [0.15, 0.2) is 35.0 Å². The lowest BCUT2D eigenvalue weighted by atomic mass is 10.2. The maximum Gasteiger partial charge on any atom is 0.280 e. The molecule has 27 heavy (non-hydrogen) atoms. The predicted octanol–water partition coefficient (Wildman–Crippen LogP) is 2.49. The third-order valence-corrected chi connectivity index (χ3v) is 4.52. The zero-order chi connectivity index (χ0) is 19.1. The molecule has 0 unspecified atom stereocenters. The van der Waals surface area contributed by atoms with E-state index in [1.54, 1.807) is 28.9 Å². The maximum absolute atomic E-state index is 13.2. The van der Waals surface area contributed by atoms with Crippen molar-refractivity contribution in [2.45, 2.75) is 6.92 Å². The summed E-state index contributed by atoms with van der Waals surface area (Å²) in [5.41, 5.74) is 2.79. The number of carbonyl (C=O) groups is 1. The largest absolute Gasteiger partial charge is 0.489 e. The van der Waals surface area contributed by atoms with E-state index in [1.807, 2.05) is 44.2 Å². The van der Waals surface area contributed by atoms with Crippen molar-refractivity contribution >= 4 is 17.3 Å². The van der Waals surface area contributed by atoms with Gasteiger partial charge in [0.05, 0.1) is 24.0 Å². The minimum Gasteiger partial charge on any atom is -0.489 e. The van der Waals surface area contributed by atoms with Crippen molar-refractivity contribution < 1.29 is 13.9 Å². The number of rotatable bonds is 3. The van der Waals surface area contributed by atoms with E-state index in [0.717, 1.165) is 16.9 Å². The first-order valence-electron chi connectivity index (χ1n) is 8.66. The molecule has 0 spiro atoms. The minimum atomic E-state index is -0.200. The topological polar surface area (TPSA) is 76.6 Å². The number of fused-ring (bicyclic) bond motifs is 1. The van der Waals surface area contributed by atoms with E-state index in [-0.39, 0.29) is 5.91 Å². The molecule has 0 saturated carbocycles. The van der Waals surface area contributed by atoms with Crippen LogP contribution in [0.1, 0.15) is 16.2 Å². The van der Waals surface area contributed by atoms with Crippen molar-refractivity contribution in [2.24, 2.45) is 7.05 Å². The Morgan fingerprint density at radius 3 is 2.81 bits per heavy atom. The van der Waals surface area contributed by atoms with Crippen molar-refractivity contribution in [1.29, 1.82) is 0 Å². The average Bonchev–Trinajstić information content (AvgIpc) is 3.25. The van der Waals surface area contributed by atoms with Crippen LogP contribution in [0.25, 0.3) is 11.5 Å². The fourth-order valence-corrected chi connectivity index (χ4v) is 3.08. The smallest absolute Gasteiger partial charge is 0.280 e. The van der Waals surface area contributed by atoms with E-state index in [0.29, 0.717) is 36.2 Å². The number of amides is 1. The molecule has 8 heteroatoms. The Labute approximate surface area is 157 Å². The van der Waals surface area contributed by atoms with Crippen molar-refractivity contribution in [3.63, 3.8) is 0 Å². The number of carbonyl (C=O) groups excluding carboxylic acids is 1. The number of benzene rings is 1. The third kappa shape index (κ3) is 3.03. The number of hydrogen-bond acceptors (Lipinski definition) is 6. The second-order valence-corrected chi connectivity index (χ2v) is 6.68. The Morgan fingerprint density at radius 2 is 2.11 bits per heavy atom. The predicted molar refractivity (Wildman–Crippen MR) is 101 cm³/mol. The van der Waals surface area contributed by atoms with Crippen LogP contribution in [0.3, 0.4) is 0 Å². The minimum absolute atomic E-state index is 0.200. The Morgan fingerprint density at radius 1 is 1.30 bits per heavy atom. The molecule has 0 fully saturated rings. The molecule has 0 radical (unpaired) electrons. The molecular formula is C19H21N5O3. The summed E-state index contributed by atoms with van der Waals surface area (Å²) in [6.07, 6.45) is 3.46. The van der Waals surface area contributed by atoms with Gasteiger partial charge in [-0.05, 0) is 19.1 Å². The van der Waals surface area contributed by atoms with Gasteiger partial charge >= 0.3 is 0 Å². The summed E-state index contributed by atoms with van der Waals surface area (Å²) in [5.74, 6) is 1.36. The third-order valence-electron chi connectivity index (χ3n) is 4.52. The number of aryl methyl sites for hydroxylation is 2. The zero-order valence-electron chi connectivity index (χ0n) is 15.8. The normalized spacial score (nSPS) is 13.3. The summed E-state index contributed by atoms with van der Waals surface area (Å²) in [7, 11) is 5.75. The van der Waals surface area contributed by atoms with E-state index in [1.165, 1.54) is 0 Å². The maximum atomic E-state index is 13.2. The Bertz CT molecular complexity index is 1000. The molecule has 2 aromatic heterocycles. The van der Waals surface area contributed by atoms with E-state index in [2.05, 4.69) is 10.1 Å². The van der Waals surface area contributed by atoms with Gasteiger partial charge < -0.3 is 14.1 Å². The summed E-state index contributed by atoms with van der Waals surface area (Å²) in [6.45, 7) is 2.64. The van der Waals surface area contributed by atoms with Crippen LogP contribution in [0, 0.1) is 6.92 Å². The van der Waals surface area contributed by atoms with Gasteiger partial charge in [-0.1, -0.05) is 0 Å². The van der Waals surface area contributed by atoms with Gasteiger partial charge in [0, 0.05) is 39.1 Å². The Kier molecular flexibility index (Phi) is 4.10. The monoisotopic (exact) mass is 367 g/mol. The van der Waals surface area contributed by atoms with Gasteiger partial charge in [0.25, 0.3) is 5.91 Å². The van der Waals surface area contributed by atoms with E-state index in [9.17, 15) is 4.79 Å². The van der Waals surface area contributed by atoms with E-state index >= 15 is 0 Å². The average molecular weight is 367 g/mol. The summed E-state index contributed by atoms with van der Waals surface area (Å²) in [6, 6.07) is 5.80. The highest BCUT2D eigenvalue weighted by molar-refractivity contribution is 6.06. The highest BCUT2D eigenvalue weighted by atomic mass is 16.5. The van der Waals surface area contributed by atoms with Crippen molar-refractivity contribution in [2.75, 3.05) is 37.0 Å². The van der Waals surface area contributed by atoms with E-state index < -0.39 is 0 Å². The highest BCUT2D eigenvalue weighted by Crippen LogP contribution is 2.36. The van der Waals surface area contributed by atoms with Crippen LogP contribution in [0.4, 0.5) is 11.4 Å². The number of anilines is 2. The van der Waals surface area contributed by atoms with Gasteiger partial charge in [-0.3, -0.25) is 14.4 Å². The first-order valence-corrected chi connectivity index (χ1v) is 8.66. The molecule has 1 amide bonds. The van der Waals surface area contributed by atoms with Gasteiger partial charge in [-0.2, -0.15) is 5.10 Å². The standard InChI is InChI=1S/C19H21N5O3/c1-12-17(21-18(27-12)13-10-20-23(4)11-13)19(25)24-7-8-26-16-9-14(22(2)3)5-6-15(16)24/h5-6,9-11H,7-8H2,1-4H3. The molecule has 0 aliphatic carbocycles. The van der Waals surface area contributed by atoms with Crippen LogP contribution < -0.4 is 14.5 Å². The number of nitrogens with zero attached hydrogens (tertiary/aromatic N) is 5. The quantitative estimate of drug-likeness (QED) is 0.708. The fourth-order valence-electron chi connectivity index (χ4n) is 3.08. The zero-order valence-corrected chi connectivity index (χ0v) is 15.8. The number of oxazole rings is 1. The van der Waals surface area contributed by atoms with Crippen molar-refractivity contribution in [3.8, 4) is 17.2 Å². The van der Waals surface area contributed by atoms with Crippen LogP contribution in [-0.4, -0.2) is 47.9 Å². The molecule has 0 N–H and O–H groups in total. The number of hydrogen-bond donors (Lipinski definition) is 0. The summed E-state index contributed by atoms with van der Waals surface area (Å²) in [5, 5.41) is 4.12. The lowest BCUT2D eigenvalue weighted by Gasteiger charge is -2.30. The highest BCUT2D eigenvalue weighted by Gasteiger charge is 2.29. The van der Waals surface area contributed by atoms with Gasteiger partial charge in [-0.15, -0.1) is 0 Å². The molecule has 1 aliphatic heterocycles. The molecule has 1 aromatic carbocycles. The first-order chi connectivity index (χ1) is 12.9. The Balaban J connectivity index is 1.67. The van der Waals surface area contributed by atoms with Crippen molar-refractivity contribution in [3.05, 3.63) is 42.0 Å². The second-order valence-electron chi connectivity index (χ2n) is 6.68. The van der Waals surface area contributed by atoms with Crippen LogP contribution in [0.5, 0.6) is 5.75 Å². The first kappa shape index (κ1) is 17.1. The van der Waals surface area contributed by atoms with Gasteiger partial charge in [0.15, 0.2) is 5.69 Å². The number of ether oxygens (including phenoxy) is 1. The molecule has 0 atom stereocenters. The molecular weight excluding hydrogens is 346 g/mol. The van der Waals surface area contributed by atoms with E-state index in [4.69, 9.17) is 9.15 Å². The molecule has 3 heterocycles.